The highest BCUT2D eigenvalue weighted by atomic mass is 16.6. The van der Waals surface area contributed by atoms with E-state index in [1.54, 1.807) is 36.4 Å². The number of para-hydroxylation sites is 1. The van der Waals surface area contributed by atoms with Crippen LogP contribution in [0.3, 0.4) is 0 Å². The minimum atomic E-state index is -0.535. The Hall–Kier alpha value is -4.59. The fourth-order valence-electron chi connectivity index (χ4n) is 4.50. The molecule has 0 saturated carbocycles. The van der Waals surface area contributed by atoms with Crippen molar-refractivity contribution in [2.45, 2.75) is 0 Å². The summed E-state index contributed by atoms with van der Waals surface area (Å²) >= 11 is 0. The molecule has 1 amide bonds. The van der Waals surface area contributed by atoms with Crippen LogP contribution in [-0.4, -0.2) is 42.1 Å². The molecule has 176 valence electrons. The number of fused-ring (bicyclic) bond motifs is 1. The van der Waals surface area contributed by atoms with Crippen molar-refractivity contribution in [3.8, 4) is 5.75 Å². The number of nitro benzene ring substituents is 1. The van der Waals surface area contributed by atoms with E-state index < -0.39 is 10.8 Å². The third-order valence-electron chi connectivity index (χ3n) is 6.32. The molecule has 0 atom stereocenters. The summed E-state index contributed by atoms with van der Waals surface area (Å²) in [6.07, 6.45) is 0. The summed E-state index contributed by atoms with van der Waals surface area (Å²) in [6, 6.07) is 25.3. The lowest BCUT2D eigenvalue weighted by molar-refractivity contribution is -0.384. The molecule has 0 bridgehead atoms. The van der Waals surface area contributed by atoms with Crippen LogP contribution < -0.4 is 15.1 Å². The molecule has 8 heteroatoms. The van der Waals surface area contributed by atoms with Gasteiger partial charge >= 0.3 is 0 Å². The number of nitro groups is 1. The Bertz CT molecular complexity index is 1400. The Balaban J connectivity index is 1.34. The standard InChI is InChI=1S/C27H24N4O4/c32-26-22-9-5-4-6-19(22)10-12-23(26)27(33)28-20-11-13-24(25(18-20)31(34)35)30-16-14-29(15-17-30)21-7-2-1-3-8-21/h1-13,18,32H,14-17H2,(H,28,33). The van der Waals surface area contributed by atoms with Crippen molar-refractivity contribution in [3.63, 3.8) is 0 Å². The number of hydrogen-bond donors (Lipinski definition) is 2. The van der Waals surface area contributed by atoms with Gasteiger partial charge in [0.05, 0.1) is 10.5 Å². The molecule has 1 saturated heterocycles. The SMILES string of the molecule is O=C(Nc1ccc(N2CCN(c3ccccc3)CC2)c([N+](=O)[O-])c1)c1ccc2ccccc2c1O. The number of piperazine rings is 1. The monoisotopic (exact) mass is 468 g/mol. The Kier molecular flexibility index (Phi) is 5.93. The molecule has 2 N–H and O–H groups in total. The summed E-state index contributed by atoms with van der Waals surface area (Å²) in [7, 11) is 0. The summed E-state index contributed by atoms with van der Waals surface area (Å²) in [4.78, 5) is 28.6. The molecule has 5 rings (SSSR count). The van der Waals surface area contributed by atoms with Gasteiger partial charge in [0.25, 0.3) is 11.6 Å². The maximum Gasteiger partial charge on any atom is 0.294 e. The van der Waals surface area contributed by atoms with E-state index in [-0.39, 0.29) is 17.0 Å². The maximum absolute atomic E-state index is 12.9. The molecule has 0 unspecified atom stereocenters. The Morgan fingerprint density at radius 1 is 0.857 bits per heavy atom. The van der Waals surface area contributed by atoms with E-state index in [0.717, 1.165) is 24.2 Å². The van der Waals surface area contributed by atoms with Crippen molar-refractivity contribution in [1.82, 2.24) is 0 Å². The molecular formula is C27H24N4O4. The first-order valence-corrected chi connectivity index (χ1v) is 11.4. The first-order chi connectivity index (χ1) is 17.0. The fourth-order valence-corrected chi connectivity index (χ4v) is 4.50. The second-order valence-corrected chi connectivity index (χ2v) is 8.41. The number of amides is 1. The van der Waals surface area contributed by atoms with Gasteiger partial charge in [-0.3, -0.25) is 14.9 Å². The molecule has 1 fully saturated rings. The average Bonchev–Trinajstić information content (AvgIpc) is 2.89. The third-order valence-corrected chi connectivity index (χ3v) is 6.32. The number of benzene rings is 4. The van der Waals surface area contributed by atoms with E-state index in [2.05, 4.69) is 22.3 Å². The second-order valence-electron chi connectivity index (χ2n) is 8.41. The molecule has 0 aliphatic carbocycles. The summed E-state index contributed by atoms with van der Waals surface area (Å²) in [5.74, 6) is -0.658. The van der Waals surface area contributed by atoms with Crippen molar-refractivity contribution >= 4 is 39.4 Å². The van der Waals surface area contributed by atoms with E-state index in [4.69, 9.17) is 0 Å². The first-order valence-electron chi connectivity index (χ1n) is 11.4. The number of phenols is 1. The molecule has 1 aliphatic rings. The van der Waals surface area contributed by atoms with Crippen LogP contribution in [0.1, 0.15) is 10.4 Å². The number of anilines is 3. The zero-order valence-electron chi connectivity index (χ0n) is 18.9. The molecule has 0 aromatic heterocycles. The van der Waals surface area contributed by atoms with E-state index in [1.807, 2.05) is 35.2 Å². The van der Waals surface area contributed by atoms with Gasteiger partial charge in [-0.25, -0.2) is 0 Å². The normalized spacial score (nSPS) is 13.6. The van der Waals surface area contributed by atoms with Crippen LogP contribution in [-0.2, 0) is 0 Å². The van der Waals surface area contributed by atoms with Crippen LogP contribution in [0.15, 0.2) is 84.9 Å². The maximum atomic E-state index is 12.9. The number of hydrogen-bond acceptors (Lipinski definition) is 6. The minimum Gasteiger partial charge on any atom is -0.506 e. The third kappa shape index (κ3) is 4.46. The van der Waals surface area contributed by atoms with Crippen LogP contribution >= 0.6 is 0 Å². The number of nitrogens with zero attached hydrogens (tertiary/aromatic N) is 3. The zero-order valence-corrected chi connectivity index (χ0v) is 18.9. The van der Waals surface area contributed by atoms with Gasteiger partial charge in [0.2, 0.25) is 0 Å². The van der Waals surface area contributed by atoms with Crippen LogP contribution in [0.25, 0.3) is 10.8 Å². The van der Waals surface area contributed by atoms with Crippen LogP contribution in [0.4, 0.5) is 22.7 Å². The lowest BCUT2D eigenvalue weighted by atomic mass is 10.0. The van der Waals surface area contributed by atoms with Crippen LogP contribution in [0, 0.1) is 10.1 Å². The number of nitrogens with one attached hydrogen (secondary N) is 1. The molecule has 4 aromatic carbocycles. The van der Waals surface area contributed by atoms with Crippen molar-refractivity contribution in [1.29, 1.82) is 0 Å². The highest BCUT2D eigenvalue weighted by molar-refractivity contribution is 6.10. The number of phenolic OH excluding ortho intramolecular Hbond substituents is 1. The van der Waals surface area contributed by atoms with Gasteiger partial charge in [-0.2, -0.15) is 0 Å². The van der Waals surface area contributed by atoms with Gasteiger partial charge in [0.15, 0.2) is 0 Å². The second kappa shape index (κ2) is 9.34. The lowest BCUT2D eigenvalue weighted by Gasteiger charge is -2.37. The fraction of sp³-hybridized carbons (Fsp3) is 0.148. The minimum absolute atomic E-state index is 0.0707. The molecule has 0 radical (unpaired) electrons. The van der Waals surface area contributed by atoms with Crippen molar-refractivity contribution in [2.75, 3.05) is 41.3 Å². The van der Waals surface area contributed by atoms with Crippen molar-refractivity contribution in [3.05, 3.63) is 101 Å². The van der Waals surface area contributed by atoms with Gasteiger partial charge in [-0.1, -0.05) is 48.5 Å². The van der Waals surface area contributed by atoms with Crippen LogP contribution in [0.5, 0.6) is 5.75 Å². The van der Waals surface area contributed by atoms with E-state index in [0.29, 0.717) is 29.9 Å². The molecule has 8 nitrogen and oxygen atoms in total. The van der Waals surface area contributed by atoms with Crippen LogP contribution in [0.2, 0.25) is 0 Å². The quantitative estimate of drug-likeness (QED) is 0.315. The number of carbonyl (C=O) groups is 1. The predicted octanol–water partition coefficient (Wildman–Crippen LogP) is 5.03. The molecule has 1 aliphatic heterocycles. The highest BCUT2D eigenvalue weighted by Gasteiger charge is 2.25. The van der Waals surface area contributed by atoms with E-state index in [1.165, 1.54) is 6.07 Å². The van der Waals surface area contributed by atoms with Crippen molar-refractivity contribution < 1.29 is 14.8 Å². The number of aromatic hydroxyl groups is 1. The largest absolute Gasteiger partial charge is 0.506 e. The van der Waals surface area contributed by atoms with Gasteiger partial charge in [0, 0.05) is 49.0 Å². The average molecular weight is 469 g/mol. The molecule has 35 heavy (non-hydrogen) atoms. The topological polar surface area (TPSA) is 99.0 Å². The van der Waals surface area contributed by atoms with Crippen molar-refractivity contribution in [2.24, 2.45) is 0 Å². The highest BCUT2D eigenvalue weighted by Crippen LogP contribution is 2.34. The molecular weight excluding hydrogens is 444 g/mol. The van der Waals surface area contributed by atoms with Gasteiger partial charge in [-0.05, 0) is 35.7 Å². The van der Waals surface area contributed by atoms with E-state index >= 15 is 0 Å². The smallest absolute Gasteiger partial charge is 0.294 e. The number of rotatable bonds is 5. The zero-order chi connectivity index (χ0) is 24.4. The van der Waals surface area contributed by atoms with E-state index in [9.17, 15) is 20.0 Å². The Labute approximate surface area is 202 Å². The number of carbonyl (C=O) groups excluding carboxylic acids is 1. The molecule has 1 heterocycles. The van der Waals surface area contributed by atoms with Gasteiger partial charge < -0.3 is 20.2 Å². The summed E-state index contributed by atoms with van der Waals surface area (Å²) in [6.45, 7) is 2.79. The summed E-state index contributed by atoms with van der Waals surface area (Å²) in [5, 5.41) is 26.5. The predicted molar refractivity (Wildman–Crippen MR) is 138 cm³/mol. The molecule has 4 aromatic rings. The first kappa shape index (κ1) is 22.2. The Morgan fingerprint density at radius 2 is 1.54 bits per heavy atom. The van der Waals surface area contributed by atoms with Gasteiger partial charge in [0.1, 0.15) is 11.4 Å². The summed E-state index contributed by atoms with van der Waals surface area (Å²) < 4.78 is 0. The van der Waals surface area contributed by atoms with Gasteiger partial charge in [-0.15, -0.1) is 0 Å². The summed E-state index contributed by atoms with van der Waals surface area (Å²) in [5.41, 5.74) is 1.98. The lowest BCUT2D eigenvalue weighted by Crippen LogP contribution is -2.46. The Morgan fingerprint density at radius 3 is 2.29 bits per heavy atom. The molecule has 0 spiro atoms.